The molecule has 0 saturated heterocycles. The van der Waals surface area contributed by atoms with Crippen LogP contribution in [0.5, 0.6) is 0 Å². The molecule has 1 amide bonds. The quantitative estimate of drug-likeness (QED) is 0.804. The molecular weight excluding hydrogens is 234 g/mol. The minimum atomic E-state index is -0.0528. The molecule has 0 spiro atoms. The van der Waals surface area contributed by atoms with Gasteiger partial charge >= 0.3 is 0 Å². The minimum Gasteiger partial charge on any atom is -0.348 e. The topological polar surface area (TPSA) is 68.0 Å². The van der Waals surface area contributed by atoms with E-state index in [0.29, 0.717) is 12.1 Å². The van der Waals surface area contributed by atoms with Crippen LogP contribution in [0.4, 0.5) is 0 Å². The number of carbonyl (C=O) groups excluding carboxylic acids is 1. The van der Waals surface area contributed by atoms with Crippen LogP contribution >= 0.6 is 11.8 Å². The number of carbonyl (C=O) groups is 1. The summed E-state index contributed by atoms with van der Waals surface area (Å²) < 4.78 is 0. The highest BCUT2D eigenvalue weighted by Crippen LogP contribution is 2.05. The second-order valence-electron chi connectivity index (χ2n) is 3.77. The largest absolute Gasteiger partial charge is 0.348 e. The number of nitrogens with two attached hydrogens (primary N) is 1. The number of amides is 1. The Balaban J connectivity index is 2.68. The Labute approximate surface area is 106 Å². The summed E-state index contributed by atoms with van der Waals surface area (Å²) in [6, 6.07) is 3.66. The Hall–Kier alpha value is -1.07. The molecule has 1 atom stereocenters. The van der Waals surface area contributed by atoms with Gasteiger partial charge in [-0.25, -0.2) is 0 Å². The fraction of sp³-hybridized carbons (Fsp3) is 0.500. The standard InChI is InChI=1S/C12H19N3OS/c1-3-10(8-17-2)15-12(16)9-4-5-14-11(6-9)7-13/h4-6,10H,3,7-8,13H2,1-2H3,(H,15,16). The highest BCUT2D eigenvalue weighted by Gasteiger charge is 2.11. The van der Waals surface area contributed by atoms with E-state index < -0.39 is 0 Å². The predicted octanol–water partition coefficient (Wildman–Crippen LogP) is 1.41. The summed E-state index contributed by atoms with van der Waals surface area (Å²) in [5, 5.41) is 3.01. The molecule has 3 N–H and O–H groups in total. The number of thioether (sulfide) groups is 1. The maximum Gasteiger partial charge on any atom is 0.251 e. The van der Waals surface area contributed by atoms with Crippen LogP contribution in [0.1, 0.15) is 29.4 Å². The Morgan fingerprint density at radius 1 is 1.65 bits per heavy atom. The van der Waals surface area contributed by atoms with Crippen molar-refractivity contribution in [2.24, 2.45) is 5.73 Å². The van der Waals surface area contributed by atoms with Gasteiger partial charge in [0.1, 0.15) is 0 Å². The number of pyridine rings is 1. The highest BCUT2D eigenvalue weighted by molar-refractivity contribution is 7.98. The van der Waals surface area contributed by atoms with E-state index in [2.05, 4.69) is 17.2 Å². The van der Waals surface area contributed by atoms with Gasteiger partial charge in [-0.05, 0) is 24.8 Å². The molecule has 1 heterocycles. The number of rotatable bonds is 6. The van der Waals surface area contributed by atoms with Crippen LogP contribution in [-0.2, 0) is 6.54 Å². The average Bonchev–Trinajstić information content (AvgIpc) is 2.38. The van der Waals surface area contributed by atoms with Gasteiger partial charge in [-0.2, -0.15) is 11.8 Å². The van der Waals surface area contributed by atoms with Crippen molar-refractivity contribution in [1.82, 2.24) is 10.3 Å². The monoisotopic (exact) mass is 253 g/mol. The smallest absolute Gasteiger partial charge is 0.251 e. The molecule has 0 aliphatic carbocycles. The molecule has 1 aromatic rings. The van der Waals surface area contributed by atoms with E-state index in [0.717, 1.165) is 17.9 Å². The molecule has 0 saturated carbocycles. The Kier molecular flexibility index (Phi) is 6.00. The third-order valence-corrected chi connectivity index (χ3v) is 3.22. The van der Waals surface area contributed by atoms with Gasteiger partial charge in [0.25, 0.3) is 5.91 Å². The number of hydrogen-bond donors (Lipinski definition) is 2. The van der Waals surface area contributed by atoms with Gasteiger partial charge in [-0.1, -0.05) is 6.92 Å². The summed E-state index contributed by atoms with van der Waals surface area (Å²) in [7, 11) is 0. The van der Waals surface area contributed by atoms with Crippen molar-refractivity contribution < 1.29 is 4.79 Å². The molecule has 0 bridgehead atoms. The molecule has 1 aromatic heterocycles. The van der Waals surface area contributed by atoms with Gasteiger partial charge < -0.3 is 11.1 Å². The van der Waals surface area contributed by atoms with Crippen molar-refractivity contribution in [3.8, 4) is 0 Å². The maximum absolute atomic E-state index is 12.0. The first kappa shape index (κ1) is 14.0. The van der Waals surface area contributed by atoms with E-state index in [1.165, 1.54) is 0 Å². The van der Waals surface area contributed by atoms with Crippen LogP contribution in [0.15, 0.2) is 18.3 Å². The van der Waals surface area contributed by atoms with Gasteiger partial charge in [0.2, 0.25) is 0 Å². The molecule has 4 nitrogen and oxygen atoms in total. The summed E-state index contributed by atoms with van der Waals surface area (Å²) in [4.78, 5) is 16.0. The summed E-state index contributed by atoms with van der Waals surface area (Å²) >= 11 is 1.73. The summed E-state index contributed by atoms with van der Waals surface area (Å²) in [5.41, 5.74) is 6.85. The number of nitrogens with zero attached hydrogens (tertiary/aromatic N) is 1. The molecule has 1 rings (SSSR count). The first-order valence-electron chi connectivity index (χ1n) is 5.66. The van der Waals surface area contributed by atoms with E-state index in [9.17, 15) is 4.79 Å². The van der Waals surface area contributed by atoms with Crippen LogP contribution < -0.4 is 11.1 Å². The third-order valence-electron chi connectivity index (χ3n) is 2.48. The molecule has 0 radical (unpaired) electrons. The van der Waals surface area contributed by atoms with Crippen LogP contribution in [0.2, 0.25) is 0 Å². The minimum absolute atomic E-state index is 0.0528. The first-order chi connectivity index (χ1) is 8.21. The molecule has 0 aliphatic heterocycles. The lowest BCUT2D eigenvalue weighted by molar-refractivity contribution is 0.0940. The molecule has 94 valence electrons. The number of aromatic nitrogens is 1. The molecule has 5 heteroatoms. The Morgan fingerprint density at radius 3 is 3.00 bits per heavy atom. The van der Waals surface area contributed by atoms with Gasteiger partial charge in [-0.3, -0.25) is 9.78 Å². The predicted molar refractivity (Wildman–Crippen MR) is 72.1 cm³/mol. The van der Waals surface area contributed by atoms with E-state index >= 15 is 0 Å². The van der Waals surface area contributed by atoms with E-state index in [4.69, 9.17) is 5.73 Å². The van der Waals surface area contributed by atoms with Crippen LogP contribution in [0, 0.1) is 0 Å². The van der Waals surface area contributed by atoms with E-state index in [1.807, 2.05) is 6.26 Å². The fourth-order valence-electron chi connectivity index (χ4n) is 1.46. The Bertz CT molecular complexity index is 371. The SMILES string of the molecule is CCC(CSC)NC(=O)c1ccnc(CN)c1. The van der Waals surface area contributed by atoms with Crippen molar-refractivity contribution in [1.29, 1.82) is 0 Å². The number of nitrogens with one attached hydrogen (secondary N) is 1. The molecule has 0 aromatic carbocycles. The lowest BCUT2D eigenvalue weighted by Crippen LogP contribution is -2.36. The second kappa shape index (κ2) is 7.29. The molecule has 17 heavy (non-hydrogen) atoms. The zero-order valence-electron chi connectivity index (χ0n) is 10.3. The van der Waals surface area contributed by atoms with Crippen molar-refractivity contribution in [2.45, 2.75) is 25.9 Å². The molecule has 1 unspecified atom stereocenters. The van der Waals surface area contributed by atoms with Gasteiger partial charge in [0.05, 0.1) is 5.69 Å². The van der Waals surface area contributed by atoms with Crippen LogP contribution in [-0.4, -0.2) is 28.9 Å². The molecular formula is C12H19N3OS. The van der Waals surface area contributed by atoms with Gasteiger partial charge in [0, 0.05) is 30.1 Å². The molecule has 0 aliphatic rings. The third kappa shape index (κ3) is 4.36. The molecule has 0 fully saturated rings. The van der Waals surface area contributed by atoms with Gasteiger partial charge in [0.15, 0.2) is 0 Å². The first-order valence-corrected chi connectivity index (χ1v) is 7.05. The van der Waals surface area contributed by atoms with E-state index in [-0.39, 0.29) is 11.9 Å². The van der Waals surface area contributed by atoms with Crippen LogP contribution in [0.3, 0.4) is 0 Å². The summed E-state index contributed by atoms with van der Waals surface area (Å²) in [6.07, 6.45) is 4.59. The zero-order chi connectivity index (χ0) is 12.7. The lowest BCUT2D eigenvalue weighted by atomic mass is 10.2. The van der Waals surface area contributed by atoms with Crippen molar-refractivity contribution in [3.05, 3.63) is 29.6 Å². The Morgan fingerprint density at radius 2 is 2.41 bits per heavy atom. The van der Waals surface area contributed by atoms with Crippen LogP contribution in [0.25, 0.3) is 0 Å². The maximum atomic E-state index is 12.0. The zero-order valence-corrected chi connectivity index (χ0v) is 11.1. The van der Waals surface area contributed by atoms with Crippen molar-refractivity contribution in [3.63, 3.8) is 0 Å². The van der Waals surface area contributed by atoms with Gasteiger partial charge in [-0.15, -0.1) is 0 Å². The normalized spacial score (nSPS) is 12.2. The highest BCUT2D eigenvalue weighted by atomic mass is 32.2. The average molecular weight is 253 g/mol. The summed E-state index contributed by atoms with van der Waals surface area (Å²) in [5.74, 6) is 0.875. The lowest BCUT2D eigenvalue weighted by Gasteiger charge is -2.15. The van der Waals surface area contributed by atoms with Crippen molar-refractivity contribution in [2.75, 3.05) is 12.0 Å². The second-order valence-corrected chi connectivity index (χ2v) is 4.68. The fourth-order valence-corrected chi connectivity index (χ4v) is 2.18. The summed E-state index contributed by atoms with van der Waals surface area (Å²) in [6.45, 7) is 2.42. The number of hydrogen-bond acceptors (Lipinski definition) is 4. The van der Waals surface area contributed by atoms with Crippen molar-refractivity contribution >= 4 is 17.7 Å². The van der Waals surface area contributed by atoms with E-state index in [1.54, 1.807) is 30.1 Å².